The number of benzene rings is 1. The molecule has 0 bridgehead atoms. The van der Waals surface area contributed by atoms with Gasteiger partial charge in [0.25, 0.3) is 0 Å². The van der Waals surface area contributed by atoms with Gasteiger partial charge in [0.1, 0.15) is 5.56 Å². The molecule has 0 aliphatic heterocycles. The van der Waals surface area contributed by atoms with Gasteiger partial charge in [0.15, 0.2) is 11.4 Å². The number of nitrogens with zero attached hydrogens (tertiary/aromatic N) is 2. The van der Waals surface area contributed by atoms with Gasteiger partial charge in [-0.2, -0.15) is 13.2 Å². The van der Waals surface area contributed by atoms with Crippen molar-refractivity contribution in [2.45, 2.75) is 13.1 Å². The molecule has 1 aromatic carbocycles. The molecule has 0 aliphatic carbocycles. The fourth-order valence-electron chi connectivity index (χ4n) is 1.95. The van der Waals surface area contributed by atoms with Gasteiger partial charge >= 0.3 is 6.18 Å². The molecule has 108 valence electrons. The van der Waals surface area contributed by atoms with Crippen LogP contribution in [0, 0.1) is 6.92 Å². The highest BCUT2D eigenvalue weighted by Gasteiger charge is 2.34. The average molecular weight is 293 g/mol. The number of rotatable bonds is 2. The summed E-state index contributed by atoms with van der Waals surface area (Å²) in [6.07, 6.45) is -2.91. The SMILES string of the molecule is Cc1ccc(Nc2noc3c(C(F)(F)F)cccc23)cn1. The van der Waals surface area contributed by atoms with Gasteiger partial charge in [-0.25, -0.2) is 0 Å². The molecule has 0 spiro atoms. The van der Waals surface area contributed by atoms with Crippen LogP contribution >= 0.6 is 0 Å². The van der Waals surface area contributed by atoms with E-state index in [2.05, 4.69) is 15.5 Å². The Morgan fingerprint density at radius 3 is 2.62 bits per heavy atom. The minimum absolute atomic E-state index is 0.224. The molecule has 3 aromatic rings. The summed E-state index contributed by atoms with van der Waals surface area (Å²) in [6, 6.07) is 7.35. The second kappa shape index (κ2) is 4.76. The standard InChI is InChI=1S/C14H10F3N3O/c1-8-5-6-9(7-18-8)19-13-10-3-2-4-11(14(15,16)17)12(10)21-20-13/h2-7H,1H3,(H,19,20). The first-order valence-electron chi connectivity index (χ1n) is 6.10. The quantitative estimate of drug-likeness (QED) is 0.765. The van der Waals surface area contributed by atoms with Crippen molar-refractivity contribution < 1.29 is 17.7 Å². The van der Waals surface area contributed by atoms with Gasteiger partial charge < -0.3 is 9.84 Å². The maximum Gasteiger partial charge on any atom is 0.420 e. The van der Waals surface area contributed by atoms with Crippen molar-refractivity contribution in [3.05, 3.63) is 47.8 Å². The van der Waals surface area contributed by atoms with E-state index in [4.69, 9.17) is 4.52 Å². The molecular weight excluding hydrogens is 283 g/mol. The fourth-order valence-corrected chi connectivity index (χ4v) is 1.95. The maximum atomic E-state index is 12.9. The summed E-state index contributed by atoms with van der Waals surface area (Å²) in [5.41, 5.74) is 0.327. The molecule has 0 aliphatic rings. The van der Waals surface area contributed by atoms with Crippen LogP contribution in [0.25, 0.3) is 11.0 Å². The zero-order valence-corrected chi connectivity index (χ0v) is 10.9. The van der Waals surface area contributed by atoms with Crippen molar-refractivity contribution in [3.63, 3.8) is 0 Å². The van der Waals surface area contributed by atoms with E-state index in [0.717, 1.165) is 11.8 Å². The number of nitrogens with one attached hydrogen (secondary N) is 1. The van der Waals surface area contributed by atoms with Crippen LogP contribution in [0.2, 0.25) is 0 Å². The van der Waals surface area contributed by atoms with Gasteiger partial charge in [-0.1, -0.05) is 11.2 Å². The number of halogens is 3. The number of pyridine rings is 1. The smallest absolute Gasteiger partial charge is 0.353 e. The Morgan fingerprint density at radius 2 is 1.95 bits per heavy atom. The summed E-state index contributed by atoms with van der Waals surface area (Å²) in [4.78, 5) is 4.10. The molecule has 0 radical (unpaired) electrons. The molecule has 2 aromatic heterocycles. The third-order valence-electron chi connectivity index (χ3n) is 2.98. The summed E-state index contributed by atoms with van der Waals surface area (Å²) in [5.74, 6) is 0.224. The molecule has 4 nitrogen and oxygen atoms in total. The second-order valence-corrected chi connectivity index (χ2v) is 4.52. The number of aryl methyl sites for hydroxylation is 1. The van der Waals surface area contributed by atoms with E-state index >= 15 is 0 Å². The average Bonchev–Trinajstić information content (AvgIpc) is 2.83. The number of alkyl halides is 3. The third kappa shape index (κ3) is 2.54. The van der Waals surface area contributed by atoms with Crippen LogP contribution in [0.1, 0.15) is 11.3 Å². The number of hydrogen-bond acceptors (Lipinski definition) is 4. The van der Waals surface area contributed by atoms with Crippen molar-refractivity contribution in [2.75, 3.05) is 5.32 Å². The topological polar surface area (TPSA) is 51.0 Å². The van der Waals surface area contributed by atoms with Crippen LogP contribution in [0.5, 0.6) is 0 Å². The lowest BCUT2D eigenvalue weighted by Gasteiger charge is -2.06. The first-order chi connectivity index (χ1) is 9.95. The Kier molecular flexibility index (Phi) is 3.04. The van der Waals surface area contributed by atoms with Gasteiger partial charge in [0, 0.05) is 5.69 Å². The second-order valence-electron chi connectivity index (χ2n) is 4.52. The fraction of sp³-hybridized carbons (Fsp3) is 0.143. The van der Waals surface area contributed by atoms with Gasteiger partial charge in [0.2, 0.25) is 0 Å². The molecule has 0 atom stereocenters. The van der Waals surface area contributed by atoms with E-state index in [0.29, 0.717) is 5.69 Å². The van der Waals surface area contributed by atoms with Crippen LogP contribution in [-0.2, 0) is 6.18 Å². The highest BCUT2D eigenvalue weighted by Crippen LogP contribution is 2.37. The molecule has 0 saturated carbocycles. The van der Waals surface area contributed by atoms with Crippen LogP contribution in [0.3, 0.4) is 0 Å². The number of anilines is 2. The predicted octanol–water partition coefficient (Wildman–Crippen LogP) is 4.29. The first-order valence-corrected chi connectivity index (χ1v) is 6.10. The highest BCUT2D eigenvalue weighted by atomic mass is 19.4. The number of aromatic nitrogens is 2. The minimum Gasteiger partial charge on any atom is -0.353 e. The van der Waals surface area contributed by atoms with E-state index in [1.807, 2.05) is 6.92 Å². The summed E-state index contributed by atoms with van der Waals surface area (Å²) < 4.78 is 43.5. The Labute approximate surface area is 117 Å². The minimum atomic E-state index is -4.48. The van der Waals surface area contributed by atoms with Crippen LogP contribution < -0.4 is 5.32 Å². The molecule has 2 heterocycles. The largest absolute Gasteiger partial charge is 0.420 e. The van der Waals surface area contributed by atoms with Gasteiger partial charge in [-0.3, -0.25) is 4.98 Å². The van der Waals surface area contributed by atoms with Gasteiger partial charge in [-0.15, -0.1) is 0 Å². The van der Waals surface area contributed by atoms with Crippen molar-refractivity contribution in [1.29, 1.82) is 0 Å². The number of hydrogen-bond donors (Lipinski definition) is 1. The summed E-state index contributed by atoms with van der Waals surface area (Å²) in [6.45, 7) is 1.84. The van der Waals surface area contributed by atoms with Crippen molar-refractivity contribution >= 4 is 22.5 Å². The lowest BCUT2D eigenvalue weighted by molar-refractivity contribution is -0.137. The molecule has 21 heavy (non-hydrogen) atoms. The monoisotopic (exact) mass is 293 g/mol. The Balaban J connectivity index is 2.03. The van der Waals surface area contributed by atoms with E-state index < -0.39 is 11.7 Å². The highest BCUT2D eigenvalue weighted by molar-refractivity contribution is 5.92. The lowest BCUT2D eigenvalue weighted by atomic mass is 10.1. The van der Waals surface area contributed by atoms with E-state index in [1.165, 1.54) is 12.1 Å². The Bertz CT molecular complexity index is 778. The lowest BCUT2D eigenvalue weighted by Crippen LogP contribution is -2.04. The van der Waals surface area contributed by atoms with Crippen LogP contribution in [0.15, 0.2) is 41.1 Å². The molecule has 0 saturated heterocycles. The molecule has 1 N–H and O–H groups in total. The van der Waals surface area contributed by atoms with E-state index in [-0.39, 0.29) is 16.8 Å². The third-order valence-corrected chi connectivity index (χ3v) is 2.98. The van der Waals surface area contributed by atoms with Crippen molar-refractivity contribution in [2.24, 2.45) is 0 Å². The van der Waals surface area contributed by atoms with E-state index in [1.54, 1.807) is 18.3 Å². The van der Waals surface area contributed by atoms with Crippen molar-refractivity contribution in [3.8, 4) is 0 Å². The summed E-state index contributed by atoms with van der Waals surface area (Å²) in [5, 5.41) is 6.84. The van der Waals surface area contributed by atoms with E-state index in [9.17, 15) is 13.2 Å². The first kappa shape index (κ1) is 13.4. The summed E-state index contributed by atoms with van der Waals surface area (Å²) >= 11 is 0. The normalized spacial score (nSPS) is 11.8. The molecule has 3 rings (SSSR count). The molecule has 0 amide bonds. The zero-order chi connectivity index (χ0) is 15.0. The van der Waals surface area contributed by atoms with Gasteiger partial charge in [-0.05, 0) is 31.2 Å². The number of fused-ring (bicyclic) bond motifs is 1. The maximum absolute atomic E-state index is 12.9. The number of para-hydroxylation sites is 1. The molecular formula is C14H10F3N3O. The molecule has 0 fully saturated rings. The van der Waals surface area contributed by atoms with Crippen molar-refractivity contribution in [1.82, 2.24) is 10.1 Å². The Hall–Kier alpha value is -2.57. The van der Waals surface area contributed by atoms with Crippen LogP contribution in [-0.4, -0.2) is 10.1 Å². The predicted molar refractivity (Wildman–Crippen MR) is 71.3 cm³/mol. The Morgan fingerprint density at radius 1 is 1.14 bits per heavy atom. The molecule has 7 heteroatoms. The van der Waals surface area contributed by atoms with Gasteiger partial charge in [0.05, 0.1) is 17.3 Å². The molecule has 0 unspecified atom stereocenters. The van der Waals surface area contributed by atoms with Crippen LogP contribution in [0.4, 0.5) is 24.7 Å². The summed E-state index contributed by atoms with van der Waals surface area (Å²) in [7, 11) is 0. The zero-order valence-electron chi connectivity index (χ0n) is 10.9.